The Bertz CT molecular complexity index is 716. The lowest BCUT2D eigenvalue weighted by atomic mass is 10.0. The lowest BCUT2D eigenvalue weighted by Crippen LogP contribution is -2.47. The van der Waals surface area contributed by atoms with Crippen molar-refractivity contribution in [1.82, 2.24) is 5.32 Å². The molecule has 27 heavy (non-hydrogen) atoms. The maximum atomic E-state index is 12.5. The van der Waals surface area contributed by atoms with Crippen LogP contribution < -0.4 is 5.32 Å². The monoisotopic (exact) mass is 378 g/mol. The van der Waals surface area contributed by atoms with Gasteiger partial charge < -0.3 is 14.8 Å². The van der Waals surface area contributed by atoms with E-state index in [4.69, 9.17) is 9.47 Å². The molecule has 0 spiro atoms. The first-order valence-electron chi connectivity index (χ1n) is 8.48. The number of nitroso groups, excluding NO2 is 1. The van der Waals surface area contributed by atoms with Crippen LogP contribution in [-0.4, -0.2) is 35.6 Å². The maximum Gasteiger partial charge on any atom is 0.408 e. The largest absolute Gasteiger partial charge is 0.458 e. The van der Waals surface area contributed by atoms with Gasteiger partial charge in [0.15, 0.2) is 0 Å². The fraction of sp³-hybridized carbons (Fsp3) is 0.526. The standard InChI is InChI=1S/C19H26N2O6/c1-18(2,3)26-16(23)15(20-17(24)27-19(4,5)6)10-13-9-12(11-22)7-8-14(13)21-25/h7-9,11,15H,10H2,1-6H3,(H,20,24)/t15-/m0/s1. The van der Waals surface area contributed by atoms with Crippen LogP contribution in [0.2, 0.25) is 0 Å². The second-order valence-corrected chi connectivity index (χ2v) is 8.03. The molecule has 0 aliphatic carbocycles. The van der Waals surface area contributed by atoms with Crippen molar-refractivity contribution in [2.75, 3.05) is 0 Å². The van der Waals surface area contributed by atoms with E-state index in [1.807, 2.05) is 0 Å². The van der Waals surface area contributed by atoms with Crippen LogP contribution in [0.1, 0.15) is 57.5 Å². The summed E-state index contributed by atoms with van der Waals surface area (Å²) in [7, 11) is 0. The topological polar surface area (TPSA) is 111 Å². The Kier molecular flexibility index (Phi) is 7.21. The second kappa shape index (κ2) is 8.75. The Labute approximate surface area is 158 Å². The summed E-state index contributed by atoms with van der Waals surface area (Å²) in [5.74, 6) is -0.693. The summed E-state index contributed by atoms with van der Waals surface area (Å²) in [6.07, 6.45) is -0.274. The average molecular weight is 378 g/mol. The van der Waals surface area contributed by atoms with Gasteiger partial charge in [0.05, 0.1) is 0 Å². The third kappa shape index (κ3) is 7.98. The van der Waals surface area contributed by atoms with Crippen molar-refractivity contribution >= 4 is 24.0 Å². The van der Waals surface area contributed by atoms with Crippen molar-refractivity contribution in [3.63, 3.8) is 0 Å². The van der Waals surface area contributed by atoms with Gasteiger partial charge >= 0.3 is 12.1 Å². The molecule has 1 aromatic carbocycles. The molecule has 0 aromatic heterocycles. The third-order valence-electron chi connectivity index (χ3n) is 3.14. The molecule has 1 N–H and O–H groups in total. The minimum absolute atomic E-state index is 0.0696. The van der Waals surface area contributed by atoms with Crippen LogP contribution in [0.4, 0.5) is 10.5 Å². The fourth-order valence-electron chi connectivity index (χ4n) is 2.17. The predicted octanol–water partition coefficient (Wildman–Crippen LogP) is 3.67. The summed E-state index contributed by atoms with van der Waals surface area (Å²) in [6.45, 7) is 10.2. The highest BCUT2D eigenvalue weighted by Gasteiger charge is 2.29. The zero-order valence-electron chi connectivity index (χ0n) is 16.5. The minimum atomic E-state index is -1.12. The molecule has 0 bridgehead atoms. The lowest BCUT2D eigenvalue weighted by Gasteiger charge is -2.26. The molecule has 1 amide bonds. The van der Waals surface area contributed by atoms with Crippen LogP contribution in [0.5, 0.6) is 0 Å². The summed E-state index contributed by atoms with van der Waals surface area (Å²) in [6, 6.07) is 3.14. The average Bonchev–Trinajstić information content (AvgIpc) is 2.50. The molecule has 1 aromatic rings. The van der Waals surface area contributed by atoms with Gasteiger partial charge in [-0.25, -0.2) is 9.59 Å². The number of carbonyl (C=O) groups excluding carboxylic acids is 3. The highest BCUT2D eigenvalue weighted by Crippen LogP contribution is 2.23. The van der Waals surface area contributed by atoms with Gasteiger partial charge in [-0.3, -0.25) is 4.79 Å². The van der Waals surface area contributed by atoms with Crippen molar-refractivity contribution in [1.29, 1.82) is 0 Å². The van der Waals surface area contributed by atoms with Crippen molar-refractivity contribution in [2.45, 2.75) is 65.2 Å². The van der Waals surface area contributed by atoms with E-state index in [-0.39, 0.29) is 12.1 Å². The van der Waals surface area contributed by atoms with Crippen molar-refractivity contribution < 1.29 is 23.9 Å². The zero-order chi connectivity index (χ0) is 20.8. The molecule has 0 saturated heterocycles. The number of hydrogen-bond acceptors (Lipinski definition) is 7. The minimum Gasteiger partial charge on any atom is -0.458 e. The number of esters is 1. The van der Waals surface area contributed by atoms with Crippen molar-refractivity contribution in [3.05, 3.63) is 34.2 Å². The highest BCUT2D eigenvalue weighted by atomic mass is 16.6. The Morgan fingerprint density at radius 2 is 1.70 bits per heavy atom. The van der Waals surface area contributed by atoms with Crippen LogP contribution in [-0.2, 0) is 20.7 Å². The number of benzene rings is 1. The number of aldehydes is 1. The Balaban J connectivity index is 3.14. The van der Waals surface area contributed by atoms with Crippen LogP contribution in [0, 0.1) is 4.91 Å². The van der Waals surface area contributed by atoms with Gasteiger partial charge in [0.25, 0.3) is 0 Å². The quantitative estimate of drug-likeness (QED) is 0.459. The number of amides is 1. The van der Waals surface area contributed by atoms with Crippen LogP contribution >= 0.6 is 0 Å². The summed E-state index contributed by atoms with van der Waals surface area (Å²) < 4.78 is 10.5. The number of carbonyl (C=O) groups is 3. The molecule has 0 unspecified atom stereocenters. The molecule has 0 fully saturated rings. The maximum absolute atomic E-state index is 12.5. The number of hydrogen-bond donors (Lipinski definition) is 1. The lowest BCUT2D eigenvalue weighted by molar-refractivity contribution is -0.157. The van der Waals surface area contributed by atoms with Gasteiger partial charge in [-0.15, -0.1) is 4.91 Å². The molecule has 148 valence electrons. The number of ether oxygens (including phenoxy) is 2. The van der Waals surface area contributed by atoms with Crippen LogP contribution in [0.25, 0.3) is 0 Å². The summed E-state index contributed by atoms with van der Waals surface area (Å²) >= 11 is 0. The molecular formula is C19H26N2O6. The van der Waals surface area contributed by atoms with Crippen LogP contribution in [0.3, 0.4) is 0 Å². The second-order valence-electron chi connectivity index (χ2n) is 8.03. The molecule has 0 aliphatic heterocycles. The first-order chi connectivity index (χ1) is 12.3. The van der Waals surface area contributed by atoms with Crippen LogP contribution in [0.15, 0.2) is 23.4 Å². The third-order valence-corrected chi connectivity index (χ3v) is 3.14. The Hall–Kier alpha value is -2.77. The highest BCUT2D eigenvalue weighted by molar-refractivity contribution is 5.83. The summed E-state index contributed by atoms with van der Waals surface area (Å²) in [5.41, 5.74) is -0.809. The van der Waals surface area contributed by atoms with E-state index in [0.29, 0.717) is 17.4 Å². The van der Waals surface area contributed by atoms with E-state index in [1.54, 1.807) is 41.5 Å². The number of nitrogens with zero attached hydrogens (tertiary/aromatic N) is 1. The first kappa shape index (κ1) is 22.3. The van der Waals surface area contributed by atoms with Crippen molar-refractivity contribution in [3.8, 4) is 0 Å². The summed E-state index contributed by atoms with van der Waals surface area (Å²) in [4.78, 5) is 46.7. The Morgan fingerprint density at radius 3 is 2.19 bits per heavy atom. The summed E-state index contributed by atoms with van der Waals surface area (Å²) in [5, 5.41) is 5.37. The zero-order valence-corrected chi connectivity index (χ0v) is 16.5. The fourth-order valence-corrected chi connectivity index (χ4v) is 2.17. The number of rotatable bonds is 6. The molecule has 0 radical (unpaired) electrons. The number of alkyl carbamates (subject to hydrolysis) is 1. The first-order valence-corrected chi connectivity index (χ1v) is 8.48. The molecule has 0 saturated carbocycles. The van der Waals surface area contributed by atoms with E-state index >= 15 is 0 Å². The van der Waals surface area contributed by atoms with Gasteiger partial charge in [-0.1, -0.05) is 0 Å². The Morgan fingerprint density at radius 1 is 1.11 bits per heavy atom. The van der Waals surface area contributed by atoms with E-state index in [2.05, 4.69) is 10.5 Å². The molecule has 0 heterocycles. The predicted molar refractivity (Wildman–Crippen MR) is 100.0 cm³/mol. The van der Waals surface area contributed by atoms with E-state index in [9.17, 15) is 19.3 Å². The van der Waals surface area contributed by atoms with Gasteiger partial charge in [-0.05, 0) is 70.5 Å². The van der Waals surface area contributed by atoms with Gasteiger partial charge in [0, 0.05) is 12.0 Å². The van der Waals surface area contributed by atoms with Gasteiger partial charge in [-0.2, -0.15) is 0 Å². The number of nitrogens with one attached hydrogen (secondary N) is 1. The normalized spacial score (nSPS) is 12.7. The SMILES string of the molecule is CC(C)(C)OC(=O)N[C@@H](Cc1cc(C=O)ccc1N=O)C(=O)OC(C)(C)C. The molecular weight excluding hydrogens is 352 g/mol. The molecule has 0 aliphatic rings. The molecule has 1 atom stereocenters. The molecule has 8 nitrogen and oxygen atoms in total. The van der Waals surface area contributed by atoms with Gasteiger partial charge in [0.2, 0.25) is 0 Å². The van der Waals surface area contributed by atoms with E-state index < -0.39 is 29.3 Å². The molecule has 1 rings (SSSR count). The smallest absolute Gasteiger partial charge is 0.408 e. The van der Waals surface area contributed by atoms with Crippen molar-refractivity contribution in [2.24, 2.45) is 5.18 Å². The van der Waals surface area contributed by atoms with Gasteiger partial charge in [0.1, 0.15) is 29.2 Å². The van der Waals surface area contributed by atoms with E-state index in [0.717, 1.165) is 0 Å². The van der Waals surface area contributed by atoms with E-state index in [1.165, 1.54) is 18.2 Å². The molecule has 8 heteroatoms.